The Kier molecular flexibility index (Phi) is 5.05. The van der Waals surface area contributed by atoms with E-state index in [-0.39, 0.29) is 0 Å². The third-order valence-corrected chi connectivity index (χ3v) is 5.69. The van der Waals surface area contributed by atoms with Crippen molar-refractivity contribution >= 4 is 17.5 Å². The molecule has 1 amide bonds. The number of aromatic nitrogens is 4. The largest absolute Gasteiger partial charge is 0.304 e. The molecule has 1 saturated carbocycles. The summed E-state index contributed by atoms with van der Waals surface area (Å²) in [7, 11) is 1.76. The van der Waals surface area contributed by atoms with E-state index in [2.05, 4.69) is 10.4 Å². The fourth-order valence-corrected chi connectivity index (χ4v) is 4.06. The number of benzene rings is 1. The highest BCUT2D eigenvalue weighted by Crippen LogP contribution is 2.35. The van der Waals surface area contributed by atoms with Gasteiger partial charge in [-0.15, -0.1) is 0 Å². The number of para-hydroxylation sites is 1. The second-order valence-electron chi connectivity index (χ2n) is 7.64. The summed E-state index contributed by atoms with van der Waals surface area (Å²) < 4.78 is 3.32. The highest BCUT2D eigenvalue weighted by atomic mass is 16.2. The molecule has 2 heterocycles. The van der Waals surface area contributed by atoms with Crippen molar-refractivity contribution < 1.29 is 9.59 Å². The van der Waals surface area contributed by atoms with Crippen molar-refractivity contribution in [2.24, 2.45) is 7.05 Å². The molecule has 1 aliphatic carbocycles. The normalized spacial score (nSPS) is 14.3. The molecule has 0 saturated heterocycles. The molecule has 1 N–H and O–H groups in total. The molecule has 29 heavy (non-hydrogen) atoms. The summed E-state index contributed by atoms with van der Waals surface area (Å²) in [4.78, 5) is 25.6. The predicted molar refractivity (Wildman–Crippen MR) is 110 cm³/mol. The molecular formula is C22H25N5O2. The lowest BCUT2D eigenvalue weighted by atomic mass is 10.0. The van der Waals surface area contributed by atoms with E-state index in [1.165, 1.54) is 12.8 Å². The molecule has 0 bridgehead atoms. The number of hydrogen-bond donors (Lipinski definition) is 1. The number of carbonyl (C=O) groups excluding carboxylic acids is 2. The summed E-state index contributed by atoms with van der Waals surface area (Å²) in [5, 5.41) is 11.8. The van der Waals surface area contributed by atoms with Crippen LogP contribution in [0.1, 0.15) is 59.0 Å². The van der Waals surface area contributed by atoms with Gasteiger partial charge in [0, 0.05) is 24.7 Å². The van der Waals surface area contributed by atoms with E-state index in [0.717, 1.165) is 24.2 Å². The van der Waals surface area contributed by atoms with Crippen LogP contribution in [0.4, 0.5) is 5.82 Å². The molecule has 0 aliphatic heterocycles. The lowest BCUT2D eigenvalue weighted by Crippen LogP contribution is -2.25. The van der Waals surface area contributed by atoms with E-state index in [1.54, 1.807) is 30.3 Å². The number of carbonyl (C=O) groups is 2. The van der Waals surface area contributed by atoms with Gasteiger partial charge >= 0.3 is 0 Å². The van der Waals surface area contributed by atoms with Crippen molar-refractivity contribution in [1.82, 2.24) is 19.6 Å². The van der Waals surface area contributed by atoms with Gasteiger partial charge in [0.1, 0.15) is 5.82 Å². The van der Waals surface area contributed by atoms with Crippen LogP contribution >= 0.6 is 0 Å². The first-order valence-electron chi connectivity index (χ1n) is 9.97. The molecule has 0 spiro atoms. The van der Waals surface area contributed by atoms with Crippen LogP contribution in [0.3, 0.4) is 0 Å². The molecule has 0 unspecified atom stereocenters. The molecule has 2 aromatic heterocycles. The number of amides is 1. The van der Waals surface area contributed by atoms with Crippen LogP contribution in [-0.2, 0) is 11.8 Å². The summed E-state index contributed by atoms with van der Waals surface area (Å²) in [6.45, 7) is 3.52. The smallest absolute Gasteiger partial charge is 0.298 e. The first-order chi connectivity index (χ1) is 14.0. The van der Waals surface area contributed by atoms with Gasteiger partial charge in [-0.2, -0.15) is 10.2 Å². The Hall–Kier alpha value is -3.22. The lowest BCUT2D eigenvalue weighted by Gasteiger charge is -2.08. The van der Waals surface area contributed by atoms with Gasteiger partial charge in [-0.25, -0.2) is 4.68 Å². The van der Waals surface area contributed by atoms with E-state index in [4.69, 9.17) is 5.10 Å². The minimum atomic E-state index is -0.681. The molecular weight excluding hydrogens is 366 g/mol. The molecule has 3 aromatic rings. The fraction of sp³-hybridized carbons (Fsp3) is 0.364. The van der Waals surface area contributed by atoms with Crippen LogP contribution in [0.2, 0.25) is 0 Å². The van der Waals surface area contributed by atoms with Gasteiger partial charge in [0.25, 0.3) is 11.7 Å². The first-order valence-corrected chi connectivity index (χ1v) is 9.97. The van der Waals surface area contributed by atoms with Crippen LogP contribution in [0, 0.1) is 13.8 Å². The summed E-state index contributed by atoms with van der Waals surface area (Å²) >= 11 is 0. The summed E-state index contributed by atoms with van der Waals surface area (Å²) in [6, 6.07) is 11.5. The number of anilines is 1. The average Bonchev–Trinajstić information content (AvgIpc) is 3.43. The summed E-state index contributed by atoms with van der Waals surface area (Å²) in [5.74, 6) is -0.361. The van der Waals surface area contributed by atoms with E-state index in [1.807, 2.05) is 36.4 Å². The molecule has 150 valence electrons. The minimum Gasteiger partial charge on any atom is -0.304 e. The molecule has 1 aliphatic rings. The SMILES string of the molecule is Cc1nn(C)c(C)c1C(=O)C(=O)Nc1cc(C2CCCC2)nn1-c1ccccc1. The zero-order valence-corrected chi connectivity index (χ0v) is 17.0. The number of ketones is 1. The topological polar surface area (TPSA) is 81.8 Å². The number of rotatable bonds is 5. The Morgan fingerprint density at radius 1 is 1.07 bits per heavy atom. The maximum Gasteiger partial charge on any atom is 0.298 e. The second-order valence-corrected chi connectivity index (χ2v) is 7.64. The van der Waals surface area contributed by atoms with Crippen molar-refractivity contribution in [2.75, 3.05) is 5.32 Å². The van der Waals surface area contributed by atoms with Gasteiger partial charge in [0.2, 0.25) is 0 Å². The summed E-state index contributed by atoms with van der Waals surface area (Å²) in [5.41, 5.74) is 3.38. The third-order valence-electron chi connectivity index (χ3n) is 5.69. The Labute approximate surface area is 169 Å². The van der Waals surface area contributed by atoms with Crippen molar-refractivity contribution in [3.63, 3.8) is 0 Å². The molecule has 7 nitrogen and oxygen atoms in total. The Balaban J connectivity index is 1.66. The number of nitrogens with one attached hydrogen (secondary N) is 1. The second kappa shape index (κ2) is 7.66. The van der Waals surface area contributed by atoms with Crippen molar-refractivity contribution in [2.45, 2.75) is 45.4 Å². The highest BCUT2D eigenvalue weighted by Gasteiger charge is 2.27. The zero-order chi connectivity index (χ0) is 20.5. The number of Topliss-reactive ketones (excluding diaryl/α,β-unsaturated/α-hetero) is 1. The average molecular weight is 391 g/mol. The van der Waals surface area contributed by atoms with Crippen molar-refractivity contribution in [3.05, 3.63) is 59.0 Å². The zero-order valence-electron chi connectivity index (χ0n) is 17.0. The molecule has 1 aromatic carbocycles. The van der Waals surface area contributed by atoms with Crippen LogP contribution in [-0.4, -0.2) is 31.3 Å². The maximum absolute atomic E-state index is 12.8. The molecule has 4 rings (SSSR count). The minimum absolute atomic E-state index is 0.354. The number of hydrogen-bond acceptors (Lipinski definition) is 4. The number of nitrogens with zero attached hydrogens (tertiary/aromatic N) is 4. The van der Waals surface area contributed by atoms with Gasteiger partial charge in [-0.05, 0) is 38.8 Å². The van der Waals surface area contributed by atoms with Gasteiger partial charge in [0.15, 0.2) is 0 Å². The lowest BCUT2D eigenvalue weighted by molar-refractivity contribution is -0.112. The van der Waals surface area contributed by atoms with Crippen LogP contribution in [0.15, 0.2) is 36.4 Å². The van der Waals surface area contributed by atoms with Crippen LogP contribution in [0.5, 0.6) is 0 Å². The predicted octanol–water partition coefficient (Wildman–Crippen LogP) is 3.70. The van der Waals surface area contributed by atoms with E-state index in [0.29, 0.717) is 28.7 Å². The highest BCUT2D eigenvalue weighted by molar-refractivity contribution is 6.47. The Bertz CT molecular complexity index is 1060. The molecule has 0 atom stereocenters. The quantitative estimate of drug-likeness (QED) is 0.531. The van der Waals surface area contributed by atoms with Crippen LogP contribution < -0.4 is 5.32 Å². The Morgan fingerprint density at radius 3 is 2.38 bits per heavy atom. The van der Waals surface area contributed by atoms with Crippen LogP contribution in [0.25, 0.3) is 5.69 Å². The molecule has 0 radical (unpaired) electrons. The standard InChI is InChI=1S/C22H25N5O2/c1-14-20(15(2)26(3)24-14)21(28)22(29)23-19-13-18(16-9-7-8-10-16)25-27(19)17-11-5-4-6-12-17/h4-6,11-13,16H,7-10H2,1-3H3,(H,23,29). The van der Waals surface area contributed by atoms with Gasteiger partial charge in [-0.1, -0.05) is 31.0 Å². The maximum atomic E-state index is 12.8. The first kappa shape index (κ1) is 19.1. The monoisotopic (exact) mass is 391 g/mol. The number of aryl methyl sites for hydroxylation is 2. The summed E-state index contributed by atoms with van der Waals surface area (Å²) in [6.07, 6.45) is 4.60. The Morgan fingerprint density at radius 2 is 1.76 bits per heavy atom. The van der Waals surface area contributed by atoms with Gasteiger partial charge in [0.05, 0.1) is 22.6 Å². The van der Waals surface area contributed by atoms with Gasteiger partial charge < -0.3 is 5.32 Å². The van der Waals surface area contributed by atoms with Crippen molar-refractivity contribution in [3.8, 4) is 5.69 Å². The third kappa shape index (κ3) is 3.60. The molecule has 7 heteroatoms. The fourth-order valence-electron chi connectivity index (χ4n) is 4.06. The van der Waals surface area contributed by atoms with Gasteiger partial charge in [-0.3, -0.25) is 14.3 Å². The van der Waals surface area contributed by atoms with E-state index < -0.39 is 11.7 Å². The van der Waals surface area contributed by atoms with Crippen molar-refractivity contribution in [1.29, 1.82) is 0 Å². The van der Waals surface area contributed by atoms with E-state index >= 15 is 0 Å². The molecule has 1 fully saturated rings. The van der Waals surface area contributed by atoms with E-state index in [9.17, 15) is 9.59 Å².